The van der Waals surface area contributed by atoms with E-state index in [1.54, 1.807) is 0 Å². The van der Waals surface area contributed by atoms with Gasteiger partial charge in [-0.25, -0.2) is 4.39 Å². The number of hydrogen-bond donors (Lipinski definition) is 0. The highest BCUT2D eigenvalue weighted by Crippen LogP contribution is 2.74. The number of carbonyl (C=O) groups is 1. The van der Waals surface area contributed by atoms with E-state index in [4.69, 9.17) is 9.47 Å². The molecular formula is C29H47FO3. The van der Waals surface area contributed by atoms with Gasteiger partial charge >= 0.3 is 5.97 Å². The predicted molar refractivity (Wildman–Crippen MR) is 128 cm³/mol. The Kier molecular flexibility index (Phi) is 6.19. The van der Waals surface area contributed by atoms with Crippen LogP contribution >= 0.6 is 0 Å². The summed E-state index contributed by atoms with van der Waals surface area (Å²) in [7, 11) is 0. The third-order valence-corrected chi connectivity index (χ3v) is 11.5. The van der Waals surface area contributed by atoms with Crippen LogP contribution in [0.1, 0.15) is 105 Å². The van der Waals surface area contributed by atoms with Gasteiger partial charge in [-0.2, -0.15) is 0 Å². The molecule has 4 aliphatic carbocycles. The largest absolute Gasteiger partial charge is 0.465 e. The number of carbonyl (C=O) groups excluding carboxylic acids is 1. The molecule has 0 bridgehead atoms. The molecule has 1 aliphatic heterocycles. The molecule has 3 nitrogen and oxygen atoms in total. The Bertz CT molecular complexity index is 753. The van der Waals surface area contributed by atoms with Crippen LogP contribution in [0.5, 0.6) is 0 Å². The highest BCUT2D eigenvalue weighted by atomic mass is 19.1. The van der Waals surface area contributed by atoms with Crippen LogP contribution in [0.3, 0.4) is 0 Å². The maximum Gasteiger partial charge on any atom is 0.302 e. The zero-order valence-electron chi connectivity index (χ0n) is 21.7. The third-order valence-electron chi connectivity index (χ3n) is 11.5. The van der Waals surface area contributed by atoms with Crippen LogP contribution in [0.2, 0.25) is 0 Å². The van der Waals surface area contributed by atoms with Gasteiger partial charge in [0.15, 0.2) is 0 Å². The van der Waals surface area contributed by atoms with E-state index < -0.39 is 6.17 Å². The lowest BCUT2D eigenvalue weighted by molar-refractivity contribution is -0.167. The van der Waals surface area contributed by atoms with Crippen molar-refractivity contribution in [1.29, 1.82) is 0 Å². The number of esters is 1. The van der Waals surface area contributed by atoms with E-state index >= 15 is 0 Å². The summed E-state index contributed by atoms with van der Waals surface area (Å²) < 4.78 is 26.8. The second-order valence-electron chi connectivity index (χ2n) is 13.4. The normalized spacial score (nSPS) is 48.9. The summed E-state index contributed by atoms with van der Waals surface area (Å²) in [5.41, 5.74) is -0.110. The van der Waals surface area contributed by atoms with Gasteiger partial charge in [-0.05, 0) is 85.9 Å². The van der Waals surface area contributed by atoms with Crippen molar-refractivity contribution in [2.75, 3.05) is 6.61 Å². The van der Waals surface area contributed by atoms with E-state index in [1.807, 2.05) is 0 Å². The predicted octanol–water partition coefficient (Wildman–Crippen LogP) is 7.12. The van der Waals surface area contributed by atoms with Gasteiger partial charge in [0.2, 0.25) is 0 Å². The molecule has 188 valence electrons. The first-order chi connectivity index (χ1) is 15.6. The Morgan fingerprint density at radius 1 is 1.09 bits per heavy atom. The first-order valence-electron chi connectivity index (χ1n) is 14.1. The van der Waals surface area contributed by atoms with Crippen molar-refractivity contribution in [3.05, 3.63) is 0 Å². The van der Waals surface area contributed by atoms with Crippen LogP contribution in [0.4, 0.5) is 4.39 Å². The minimum absolute atomic E-state index is 0.170. The maximum absolute atomic E-state index is 14.6. The molecule has 1 heterocycles. The molecule has 0 aromatic heterocycles. The molecule has 10 unspecified atom stereocenters. The Morgan fingerprint density at radius 3 is 2.61 bits per heavy atom. The summed E-state index contributed by atoms with van der Waals surface area (Å²) in [6, 6.07) is 0. The van der Waals surface area contributed by atoms with Gasteiger partial charge in [0.05, 0.1) is 6.10 Å². The molecule has 0 radical (unpaired) electrons. The first kappa shape index (κ1) is 24.1. The van der Waals surface area contributed by atoms with Crippen molar-refractivity contribution < 1.29 is 18.7 Å². The van der Waals surface area contributed by atoms with Gasteiger partial charge in [-0.1, -0.05) is 47.0 Å². The van der Waals surface area contributed by atoms with Crippen molar-refractivity contribution in [3.8, 4) is 0 Å². The average molecular weight is 463 g/mol. The van der Waals surface area contributed by atoms with Crippen LogP contribution in [0.15, 0.2) is 0 Å². The zero-order valence-corrected chi connectivity index (χ0v) is 21.7. The molecule has 5 aliphatic rings. The van der Waals surface area contributed by atoms with E-state index in [9.17, 15) is 9.18 Å². The zero-order chi connectivity index (χ0) is 23.6. The second kappa shape index (κ2) is 8.49. The number of alkyl halides is 1. The third kappa shape index (κ3) is 3.71. The maximum atomic E-state index is 14.6. The quantitative estimate of drug-likeness (QED) is 0.299. The fourth-order valence-electron chi connectivity index (χ4n) is 9.94. The van der Waals surface area contributed by atoms with Gasteiger partial charge in [-0.3, -0.25) is 4.79 Å². The van der Waals surface area contributed by atoms with Crippen molar-refractivity contribution >= 4 is 5.97 Å². The minimum atomic E-state index is -0.770. The molecule has 1 saturated heterocycles. The van der Waals surface area contributed by atoms with E-state index in [1.165, 1.54) is 51.9 Å². The van der Waals surface area contributed by atoms with E-state index in [0.29, 0.717) is 36.7 Å². The minimum Gasteiger partial charge on any atom is -0.465 e. The highest BCUT2D eigenvalue weighted by Gasteiger charge is 2.78. The molecule has 33 heavy (non-hydrogen) atoms. The van der Waals surface area contributed by atoms with Crippen molar-refractivity contribution in [1.82, 2.24) is 0 Å². The Morgan fingerprint density at radius 2 is 1.88 bits per heavy atom. The van der Waals surface area contributed by atoms with E-state index in [0.717, 1.165) is 36.5 Å². The molecule has 0 N–H and O–H groups in total. The van der Waals surface area contributed by atoms with Crippen LogP contribution in [0, 0.1) is 46.3 Å². The fraction of sp³-hybridized carbons (Fsp3) is 0.966. The van der Waals surface area contributed by atoms with E-state index in [-0.39, 0.29) is 23.1 Å². The number of fused-ring (bicyclic) bond motifs is 4. The lowest BCUT2D eigenvalue weighted by Crippen LogP contribution is -2.61. The van der Waals surface area contributed by atoms with E-state index in [2.05, 4.69) is 27.7 Å². The Labute approximate surface area is 200 Å². The summed E-state index contributed by atoms with van der Waals surface area (Å²) >= 11 is 0. The molecule has 4 saturated carbocycles. The van der Waals surface area contributed by atoms with Crippen LogP contribution in [-0.2, 0) is 14.3 Å². The summed E-state index contributed by atoms with van der Waals surface area (Å²) in [5, 5.41) is 0. The average Bonchev–Trinajstić information content (AvgIpc) is 3.31. The van der Waals surface area contributed by atoms with Gasteiger partial charge < -0.3 is 9.47 Å². The standard InChI is InChI=1S/C29H47FO3/c1-18(2)7-6-8-19(3)23-9-10-24-22-15-26-29(33-26)16-21(30)11-14-28(29,17-32-20(4)31)25(22)12-13-27(23,24)5/h18-19,21-26H,6-17H2,1-5H3. The summed E-state index contributed by atoms with van der Waals surface area (Å²) in [6.07, 6.45) is 11.7. The monoisotopic (exact) mass is 462 g/mol. The fourth-order valence-corrected chi connectivity index (χ4v) is 9.94. The molecule has 1 spiro atoms. The lowest BCUT2D eigenvalue weighted by atomic mass is 9.44. The highest BCUT2D eigenvalue weighted by molar-refractivity contribution is 5.66. The Balaban J connectivity index is 1.37. The molecule has 4 heteroatoms. The van der Waals surface area contributed by atoms with Gasteiger partial charge in [-0.15, -0.1) is 0 Å². The lowest BCUT2D eigenvalue weighted by Gasteiger charge is -2.60. The number of hydrogen-bond acceptors (Lipinski definition) is 3. The van der Waals surface area contributed by atoms with Gasteiger partial charge in [0.25, 0.3) is 0 Å². The molecule has 0 aromatic rings. The topological polar surface area (TPSA) is 38.8 Å². The van der Waals surface area contributed by atoms with Crippen molar-refractivity contribution in [2.24, 2.45) is 46.3 Å². The molecule has 0 amide bonds. The number of epoxide rings is 1. The Hall–Kier alpha value is -0.640. The molecule has 5 fully saturated rings. The summed E-state index contributed by atoms with van der Waals surface area (Å²) in [6.45, 7) is 11.7. The van der Waals surface area contributed by atoms with Gasteiger partial charge in [0.1, 0.15) is 18.4 Å². The summed E-state index contributed by atoms with van der Waals surface area (Å²) in [5.74, 6) is 4.11. The van der Waals surface area contributed by atoms with Crippen LogP contribution < -0.4 is 0 Å². The molecule has 0 aromatic carbocycles. The van der Waals surface area contributed by atoms with Crippen LogP contribution in [0.25, 0.3) is 0 Å². The molecular weight excluding hydrogens is 415 g/mol. The first-order valence-corrected chi connectivity index (χ1v) is 14.1. The molecule has 5 rings (SSSR count). The SMILES string of the molecule is CC(=O)OCC12CCC(F)CC13OC3CC1C3CCC(C(C)CCCC(C)C)C3(C)CCC12. The van der Waals surface area contributed by atoms with Crippen molar-refractivity contribution in [3.63, 3.8) is 0 Å². The number of rotatable bonds is 7. The number of halogens is 1. The smallest absolute Gasteiger partial charge is 0.302 e. The molecule has 10 atom stereocenters. The van der Waals surface area contributed by atoms with Crippen LogP contribution in [-0.4, -0.2) is 30.5 Å². The summed E-state index contributed by atoms with van der Waals surface area (Å²) in [4.78, 5) is 11.8. The number of ether oxygens (including phenoxy) is 2. The van der Waals surface area contributed by atoms with Gasteiger partial charge in [0, 0.05) is 18.8 Å². The van der Waals surface area contributed by atoms with Crippen molar-refractivity contribution in [2.45, 2.75) is 123 Å². The second-order valence-corrected chi connectivity index (χ2v) is 13.4.